The second kappa shape index (κ2) is 5.47. The normalized spacial score (nSPS) is 10.8. The van der Waals surface area contributed by atoms with Gasteiger partial charge in [0.2, 0.25) is 0 Å². The second-order valence-corrected chi connectivity index (χ2v) is 4.96. The zero-order chi connectivity index (χ0) is 12.3. The number of anilines is 1. The molecule has 0 bridgehead atoms. The molecule has 0 unspecified atom stereocenters. The summed E-state index contributed by atoms with van der Waals surface area (Å²) in [5, 5.41) is 4.56. The number of nitrogens with two attached hydrogens (primary N) is 1. The van der Waals surface area contributed by atoms with Crippen LogP contribution < -0.4 is 11.1 Å². The number of nitrogens with one attached hydrogen (secondary N) is 1. The Kier molecular flexibility index (Phi) is 3.97. The van der Waals surface area contributed by atoms with Gasteiger partial charge in [-0.3, -0.25) is 4.98 Å². The summed E-state index contributed by atoms with van der Waals surface area (Å²) in [6, 6.07) is 8.21. The molecule has 0 atom stereocenters. The Morgan fingerprint density at radius 3 is 2.94 bits per heavy atom. The van der Waals surface area contributed by atoms with Gasteiger partial charge in [-0.1, -0.05) is 15.9 Å². The van der Waals surface area contributed by atoms with Crippen LogP contribution in [-0.4, -0.2) is 18.1 Å². The number of aromatic nitrogens is 1. The molecule has 0 radical (unpaired) electrons. The van der Waals surface area contributed by atoms with Gasteiger partial charge in [-0.2, -0.15) is 0 Å². The molecule has 2 rings (SSSR count). The van der Waals surface area contributed by atoms with Gasteiger partial charge in [-0.15, -0.1) is 0 Å². The van der Waals surface area contributed by atoms with Gasteiger partial charge in [0.15, 0.2) is 0 Å². The predicted molar refractivity (Wildman–Crippen MR) is 76.3 cm³/mol. The molecule has 90 valence electrons. The van der Waals surface area contributed by atoms with Crippen LogP contribution in [0.5, 0.6) is 0 Å². The molecule has 0 fully saturated rings. The van der Waals surface area contributed by atoms with Crippen molar-refractivity contribution in [2.75, 3.05) is 18.4 Å². The number of pyridine rings is 1. The highest BCUT2D eigenvalue weighted by Crippen LogP contribution is 2.26. The summed E-state index contributed by atoms with van der Waals surface area (Å²) in [4.78, 5) is 4.52. The van der Waals surface area contributed by atoms with Crippen LogP contribution in [0, 0.1) is 6.92 Å². The van der Waals surface area contributed by atoms with Gasteiger partial charge in [-0.25, -0.2) is 0 Å². The Bertz CT molecular complexity index is 525. The first-order chi connectivity index (χ1) is 8.20. The maximum atomic E-state index is 5.50. The first-order valence-corrected chi connectivity index (χ1v) is 6.51. The number of aryl methyl sites for hydroxylation is 1. The smallest absolute Gasteiger partial charge is 0.0726 e. The summed E-state index contributed by atoms with van der Waals surface area (Å²) in [5.74, 6) is 0. The Labute approximate surface area is 110 Å². The summed E-state index contributed by atoms with van der Waals surface area (Å²) in [5.41, 5.74) is 8.67. The number of rotatable bonds is 4. The van der Waals surface area contributed by atoms with E-state index in [-0.39, 0.29) is 0 Å². The number of halogens is 1. The molecule has 1 aromatic heterocycles. The number of nitrogens with zero attached hydrogens (tertiary/aromatic N) is 1. The van der Waals surface area contributed by atoms with Crippen molar-refractivity contribution in [1.82, 2.24) is 4.98 Å². The van der Waals surface area contributed by atoms with Gasteiger partial charge in [-0.05, 0) is 44.2 Å². The summed E-state index contributed by atoms with van der Waals surface area (Å²) in [7, 11) is 0. The van der Waals surface area contributed by atoms with Crippen molar-refractivity contribution < 1.29 is 0 Å². The van der Waals surface area contributed by atoms with Crippen molar-refractivity contribution in [3.05, 3.63) is 34.4 Å². The first-order valence-electron chi connectivity index (χ1n) is 5.71. The Balaban J connectivity index is 2.40. The van der Waals surface area contributed by atoms with Gasteiger partial charge < -0.3 is 11.1 Å². The minimum Gasteiger partial charge on any atom is -0.384 e. The number of hydrogen-bond acceptors (Lipinski definition) is 3. The van der Waals surface area contributed by atoms with Gasteiger partial charge in [0.1, 0.15) is 0 Å². The van der Waals surface area contributed by atoms with Crippen LogP contribution in [-0.2, 0) is 0 Å². The van der Waals surface area contributed by atoms with Crippen LogP contribution in [0.15, 0.2) is 28.7 Å². The lowest BCUT2D eigenvalue weighted by molar-refractivity contribution is 0.875. The van der Waals surface area contributed by atoms with Gasteiger partial charge >= 0.3 is 0 Å². The lowest BCUT2D eigenvalue weighted by Gasteiger charge is -2.10. The predicted octanol–water partition coefficient (Wildman–Crippen LogP) is 3.07. The third-order valence-corrected chi connectivity index (χ3v) is 3.09. The van der Waals surface area contributed by atoms with Crippen molar-refractivity contribution in [3.8, 4) is 0 Å². The maximum Gasteiger partial charge on any atom is 0.0726 e. The lowest BCUT2D eigenvalue weighted by Crippen LogP contribution is -2.09. The molecule has 0 aliphatic carbocycles. The summed E-state index contributed by atoms with van der Waals surface area (Å²) in [6.07, 6.45) is 0.969. The minimum atomic E-state index is 0.707. The fourth-order valence-electron chi connectivity index (χ4n) is 1.80. The van der Waals surface area contributed by atoms with Crippen LogP contribution in [0.2, 0.25) is 0 Å². The molecule has 0 saturated carbocycles. The van der Waals surface area contributed by atoms with E-state index in [0.29, 0.717) is 6.54 Å². The van der Waals surface area contributed by atoms with Crippen molar-refractivity contribution >= 4 is 32.5 Å². The topological polar surface area (TPSA) is 50.9 Å². The van der Waals surface area contributed by atoms with Crippen LogP contribution >= 0.6 is 15.9 Å². The molecule has 0 amide bonds. The third kappa shape index (κ3) is 2.96. The Morgan fingerprint density at radius 1 is 1.35 bits per heavy atom. The van der Waals surface area contributed by atoms with E-state index in [4.69, 9.17) is 5.73 Å². The highest BCUT2D eigenvalue weighted by molar-refractivity contribution is 9.10. The number of fused-ring (bicyclic) bond motifs is 1. The maximum absolute atomic E-state index is 5.50. The average Bonchev–Trinajstić information content (AvgIpc) is 2.30. The number of benzene rings is 1. The molecule has 3 N–H and O–H groups in total. The van der Waals surface area contributed by atoms with Gasteiger partial charge in [0, 0.05) is 27.8 Å². The van der Waals surface area contributed by atoms with Crippen molar-refractivity contribution in [3.63, 3.8) is 0 Å². The van der Waals surface area contributed by atoms with Crippen molar-refractivity contribution in [1.29, 1.82) is 0 Å². The van der Waals surface area contributed by atoms with Crippen molar-refractivity contribution in [2.45, 2.75) is 13.3 Å². The molecular formula is C13H16BrN3. The molecule has 17 heavy (non-hydrogen) atoms. The van der Waals surface area contributed by atoms with Crippen LogP contribution in [0.25, 0.3) is 10.9 Å². The van der Waals surface area contributed by atoms with E-state index in [9.17, 15) is 0 Å². The second-order valence-electron chi connectivity index (χ2n) is 4.04. The van der Waals surface area contributed by atoms with E-state index in [1.165, 1.54) is 0 Å². The van der Waals surface area contributed by atoms with E-state index < -0.39 is 0 Å². The molecule has 0 spiro atoms. The third-order valence-electron chi connectivity index (χ3n) is 2.60. The largest absolute Gasteiger partial charge is 0.384 e. The molecule has 0 aliphatic heterocycles. The van der Waals surface area contributed by atoms with E-state index >= 15 is 0 Å². The molecule has 1 aromatic carbocycles. The highest BCUT2D eigenvalue weighted by Gasteiger charge is 2.04. The van der Waals surface area contributed by atoms with Crippen LogP contribution in [0.3, 0.4) is 0 Å². The van der Waals surface area contributed by atoms with Crippen molar-refractivity contribution in [2.24, 2.45) is 5.73 Å². The standard InChI is InChI=1S/C13H16BrN3/c1-9-7-13(16-6-2-5-15)11-8-10(14)3-4-12(11)17-9/h3-4,7-8H,2,5-6,15H2,1H3,(H,16,17). The monoisotopic (exact) mass is 293 g/mol. The molecule has 3 nitrogen and oxygen atoms in total. The van der Waals surface area contributed by atoms with Crippen LogP contribution in [0.4, 0.5) is 5.69 Å². The summed E-state index contributed by atoms with van der Waals surface area (Å²) >= 11 is 3.49. The Hall–Kier alpha value is -1.13. The fourth-order valence-corrected chi connectivity index (χ4v) is 2.16. The van der Waals surface area contributed by atoms with E-state index in [2.05, 4.69) is 38.4 Å². The summed E-state index contributed by atoms with van der Waals surface area (Å²) < 4.78 is 1.07. The molecule has 0 aliphatic rings. The number of hydrogen-bond donors (Lipinski definition) is 2. The van der Waals surface area contributed by atoms with Gasteiger partial charge in [0.05, 0.1) is 5.52 Å². The van der Waals surface area contributed by atoms with Crippen LogP contribution in [0.1, 0.15) is 12.1 Å². The highest BCUT2D eigenvalue weighted by atomic mass is 79.9. The minimum absolute atomic E-state index is 0.707. The van der Waals surface area contributed by atoms with E-state index in [0.717, 1.165) is 39.7 Å². The molecule has 2 aromatic rings. The SMILES string of the molecule is Cc1cc(NCCCN)c2cc(Br)ccc2n1. The molecule has 0 saturated heterocycles. The van der Waals surface area contributed by atoms with E-state index in [1.807, 2.05) is 19.1 Å². The average molecular weight is 294 g/mol. The first kappa shape index (κ1) is 12.3. The molecule has 4 heteroatoms. The lowest BCUT2D eigenvalue weighted by atomic mass is 10.1. The quantitative estimate of drug-likeness (QED) is 0.852. The Morgan fingerprint density at radius 2 is 2.18 bits per heavy atom. The summed E-state index contributed by atoms with van der Waals surface area (Å²) in [6.45, 7) is 3.61. The fraction of sp³-hybridized carbons (Fsp3) is 0.308. The zero-order valence-corrected chi connectivity index (χ0v) is 11.4. The molecule has 1 heterocycles. The van der Waals surface area contributed by atoms with E-state index in [1.54, 1.807) is 0 Å². The molecular weight excluding hydrogens is 278 g/mol. The zero-order valence-electron chi connectivity index (χ0n) is 9.83. The van der Waals surface area contributed by atoms with Gasteiger partial charge in [0.25, 0.3) is 0 Å².